The second-order valence-electron chi connectivity index (χ2n) is 31.0. The maximum atomic E-state index is 14.3. The average molecular weight is 1780 g/mol. The molecule has 0 radical (unpaired) electrons. The highest BCUT2D eigenvalue weighted by molar-refractivity contribution is 7.89. The minimum Gasteiger partial charge on any atom is -0.497 e. The zero-order valence-corrected chi connectivity index (χ0v) is 73.5. The van der Waals surface area contributed by atoms with E-state index in [9.17, 15) is 53.6 Å². The number of fused-ring (bicyclic) bond motifs is 3. The monoisotopic (exact) mass is 1780 g/mol. The number of para-hydroxylation sites is 3. The quantitative estimate of drug-likeness (QED) is 0.0334. The topological polar surface area (TPSA) is 265 Å². The number of methoxy groups -OCH3 is 5. The van der Waals surface area contributed by atoms with Crippen LogP contribution >= 0.6 is 0 Å². The number of carbonyl (C=O) groups excluding carboxylic acids is 1. The van der Waals surface area contributed by atoms with Crippen LogP contribution in [0.4, 0.5) is 17.6 Å². The maximum Gasteiger partial charge on any atom is 0.419 e. The summed E-state index contributed by atoms with van der Waals surface area (Å²) in [6.45, 7) is 11.2. The van der Waals surface area contributed by atoms with Gasteiger partial charge in [0, 0.05) is 71.6 Å². The molecule has 0 saturated carbocycles. The van der Waals surface area contributed by atoms with Gasteiger partial charge in [-0.15, -0.1) is 0 Å². The lowest BCUT2D eigenvalue weighted by molar-refractivity contribution is -0.140. The molecule has 0 N–H and O–H groups in total. The zero-order chi connectivity index (χ0) is 89.6. The highest BCUT2D eigenvalue weighted by Gasteiger charge is 2.35. The molecule has 0 aliphatic carbocycles. The number of amides is 1. The van der Waals surface area contributed by atoms with Crippen molar-refractivity contribution >= 4 is 58.7 Å². The van der Waals surface area contributed by atoms with E-state index in [1.54, 1.807) is 213 Å². The predicted octanol–water partition coefficient (Wildman–Crippen LogP) is 13.1. The highest BCUT2D eigenvalue weighted by Crippen LogP contribution is 2.33. The van der Waals surface area contributed by atoms with Gasteiger partial charge in [0.2, 0.25) is 26.0 Å². The van der Waals surface area contributed by atoms with Crippen LogP contribution in [0.15, 0.2) is 236 Å². The first kappa shape index (κ1) is 92.9. The molecule has 15 rings (SSSR count). The number of sulfonamides is 2. The van der Waals surface area contributed by atoms with Crippen LogP contribution < -0.4 is 40.4 Å². The molecule has 127 heavy (non-hydrogen) atoms. The minimum atomic E-state index is -4.82. The molecule has 12 aromatic rings. The fourth-order valence-corrected chi connectivity index (χ4v) is 19.0. The largest absolute Gasteiger partial charge is 0.497 e. The van der Waals surface area contributed by atoms with Crippen molar-refractivity contribution in [3.05, 3.63) is 278 Å². The lowest BCUT2D eigenvalue weighted by Gasteiger charge is -2.28. The average Bonchev–Trinajstić information content (AvgIpc) is 1.29. The van der Waals surface area contributed by atoms with Crippen LogP contribution in [-0.4, -0.2) is 227 Å². The summed E-state index contributed by atoms with van der Waals surface area (Å²) in [6.07, 6.45) is 2.37. The standard InChI is InChI=1S/C33H34F4N4O3.C31H36N4O6S.C31H36N4O5S/c1-44-25-12-10-24(11-13-25)41-30(38-29-8-3-2-7-26(29)32(41)43)15-20-40(19-6-18-39-16-4-5-17-39)31(42)22-23-9-14-27(28(34)21-23)33(35,36)37;1-39-25-10-8-24(9-11-25)35-30(32-29-7-4-3-6-28(29)31(35)36)16-19-34(18-5-17-33-20-22-41-23-21-33)42(37,38)27-14-12-26(40-2)13-15-27;1-39-25-12-10-24(11-13-25)35-30(32-29-9-4-3-8-28(29)31(35)36)18-23-34(22-7-21-33-19-5-6-20-33)41(37,38)27-16-14-26(40-2)15-17-27/h2-3,7-14,21H,4-6,15-20,22H2,1H3;3-4,6-15H,5,16-23H2,1-2H3;3-4,8-17H,5-7,18-23H2,1-2H3. The van der Waals surface area contributed by atoms with Crippen molar-refractivity contribution in [2.75, 3.05) is 147 Å². The number of nitrogens with zero attached hydrogens (tertiary/aromatic N) is 12. The summed E-state index contributed by atoms with van der Waals surface area (Å²) in [5.74, 6) is 2.82. The minimum absolute atomic E-state index is 0.151. The molecule has 0 atom stereocenters. The van der Waals surface area contributed by atoms with Crippen molar-refractivity contribution in [3.63, 3.8) is 0 Å². The predicted molar refractivity (Wildman–Crippen MR) is 480 cm³/mol. The summed E-state index contributed by atoms with van der Waals surface area (Å²) in [5, 5.41) is 1.45. The smallest absolute Gasteiger partial charge is 0.419 e. The van der Waals surface area contributed by atoms with Crippen LogP contribution in [-0.2, 0) is 61.4 Å². The number of rotatable bonds is 35. The summed E-state index contributed by atoms with van der Waals surface area (Å²) >= 11 is 0. The first-order valence-corrected chi connectivity index (χ1v) is 45.4. The number of aromatic nitrogens is 6. The first-order chi connectivity index (χ1) is 61.4. The van der Waals surface area contributed by atoms with Crippen molar-refractivity contribution in [1.82, 2.24) is 56.9 Å². The van der Waals surface area contributed by atoms with E-state index in [0.717, 1.165) is 83.9 Å². The lowest BCUT2D eigenvalue weighted by Crippen LogP contribution is -2.40. The van der Waals surface area contributed by atoms with Crippen LogP contribution in [0.3, 0.4) is 0 Å². The molecule has 3 saturated heterocycles. The second-order valence-corrected chi connectivity index (χ2v) is 34.9. The summed E-state index contributed by atoms with van der Waals surface area (Å²) in [7, 11) is 0.179. The Bertz CT molecular complexity index is 6140. The number of ether oxygens (including phenoxy) is 6. The van der Waals surface area contributed by atoms with Crippen LogP contribution in [0.25, 0.3) is 49.8 Å². The molecular formula is C95H106F4N12O14S2. The van der Waals surface area contributed by atoms with Gasteiger partial charge in [-0.25, -0.2) is 36.2 Å². The molecule has 6 heterocycles. The number of hydrogen-bond acceptors (Lipinski definition) is 20. The molecule has 26 nitrogen and oxygen atoms in total. The van der Waals surface area contributed by atoms with Gasteiger partial charge in [0.1, 0.15) is 52.0 Å². The fourth-order valence-electron chi connectivity index (χ4n) is 16.0. The molecule has 3 aliphatic heterocycles. The Morgan fingerprint density at radius 2 is 0.732 bits per heavy atom. The number of likely N-dealkylation sites (tertiary alicyclic amines) is 2. The normalized spacial score (nSPS) is 14.1. The Hall–Kier alpha value is -11.8. The zero-order valence-electron chi connectivity index (χ0n) is 71.9. The van der Waals surface area contributed by atoms with E-state index in [4.69, 9.17) is 43.4 Å². The van der Waals surface area contributed by atoms with Gasteiger partial charge in [-0.1, -0.05) is 42.5 Å². The van der Waals surface area contributed by atoms with Gasteiger partial charge >= 0.3 is 6.18 Å². The number of halogens is 4. The Morgan fingerprint density at radius 1 is 0.409 bits per heavy atom. The SMILES string of the molecule is COc1ccc(-n2c(CCN(CCCN3CCCC3)C(=O)Cc3ccc(C(F)(F)F)c(F)c3)nc3ccccc3c2=O)cc1.COc1ccc(-n2c(CCN(CCCN3CCCC3)S(=O)(=O)c3ccc(OC)cc3)nc3ccccc3c2=O)cc1.COc1ccc(-n2c(CCN(CCCN3CCOCC3)S(=O)(=O)c3ccc(OC)cc3)nc3ccccc3c2=O)cc1. The van der Waals surface area contributed by atoms with Crippen molar-refractivity contribution in [1.29, 1.82) is 0 Å². The van der Waals surface area contributed by atoms with Gasteiger partial charge in [0.25, 0.3) is 16.7 Å². The van der Waals surface area contributed by atoms with Crippen molar-refractivity contribution in [2.24, 2.45) is 0 Å². The number of alkyl halides is 3. The summed E-state index contributed by atoms with van der Waals surface area (Å²) in [4.78, 5) is 78.1. The summed E-state index contributed by atoms with van der Waals surface area (Å²) in [5.41, 5.74) is 1.68. The fraction of sp³-hybridized carbons (Fsp3) is 0.358. The molecule has 1 amide bonds. The lowest BCUT2D eigenvalue weighted by atomic mass is 10.1. The van der Waals surface area contributed by atoms with Gasteiger partial charge in [0.05, 0.1) is 120 Å². The molecule has 0 bridgehead atoms. The number of carbonyl (C=O) groups is 1. The Kier molecular flexibility index (Phi) is 31.9. The van der Waals surface area contributed by atoms with Gasteiger partial charge in [-0.2, -0.15) is 21.8 Å². The van der Waals surface area contributed by atoms with E-state index in [2.05, 4.69) is 14.7 Å². The van der Waals surface area contributed by atoms with Gasteiger partial charge in [-0.3, -0.25) is 37.8 Å². The third-order valence-corrected chi connectivity index (χ3v) is 26.7. The summed E-state index contributed by atoms with van der Waals surface area (Å²) in [6, 6.07) is 58.3. The van der Waals surface area contributed by atoms with Crippen molar-refractivity contribution < 1.29 is 67.6 Å². The molecule has 9 aromatic carbocycles. The van der Waals surface area contributed by atoms with Gasteiger partial charge in [-0.05, 0) is 266 Å². The third kappa shape index (κ3) is 23.5. The van der Waals surface area contributed by atoms with Gasteiger partial charge < -0.3 is 43.1 Å². The Labute approximate surface area is 736 Å². The van der Waals surface area contributed by atoms with Crippen LogP contribution in [0.5, 0.6) is 28.7 Å². The Balaban J connectivity index is 0.000000163. The molecule has 0 spiro atoms. The second kappa shape index (κ2) is 43.6. The Morgan fingerprint density at radius 3 is 1.07 bits per heavy atom. The van der Waals surface area contributed by atoms with Crippen molar-refractivity contribution in [3.8, 4) is 45.8 Å². The van der Waals surface area contributed by atoms with E-state index in [0.29, 0.717) is 154 Å². The molecule has 32 heteroatoms. The first-order valence-electron chi connectivity index (χ1n) is 42.6. The third-order valence-electron chi connectivity index (χ3n) is 22.9. The number of hydrogen-bond donors (Lipinski definition) is 0. The van der Waals surface area contributed by atoms with E-state index < -0.39 is 37.6 Å². The van der Waals surface area contributed by atoms with Crippen molar-refractivity contribution in [2.45, 2.75) is 86.6 Å². The van der Waals surface area contributed by atoms with Gasteiger partial charge in [0.15, 0.2) is 0 Å². The summed E-state index contributed by atoms with van der Waals surface area (Å²) < 4.78 is 148. The molecule has 3 aliphatic rings. The van der Waals surface area contributed by atoms with E-state index in [1.807, 2.05) is 30.3 Å². The van der Waals surface area contributed by atoms with Crippen LogP contribution in [0.1, 0.15) is 73.5 Å². The molecule has 3 fully saturated rings. The van der Waals surface area contributed by atoms with E-state index >= 15 is 0 Å². The molecule has 3 aromatic heterocycles. The number of benzene rings is 9. The number of morpholine rings is 1. The van der Waals surface area contributed by atoms with Crippen LogP contribution in [0.2, 0.25) is 0 Å². The van der Waals surface area contributed by atoms with Crippen LogP contribution in [0, 0.1) is 5.82 Å². The molecule has 670 valence electrons. The molecular weight excluding hydrogens is 1670 g/mol. The van der Waals surface area contributed by atoms with E-state index in [1.165, 1.54) is 26.0 Å². The van der Waals surface area contributed by atoms with E-state index in [-0.39, 0.29) is 83.3 Å². The highest BCUT2D eigenvalue weighted by atomic mass is 32.2. The maximum absolute atomic E-state index is 14.3. The molecule has 0 unspecified atom stereocenters.